The molecule has 0 aliphatic heterocycles. The first-order chi connectivity index (χ1) is 12.4. The van der Waals surface area contributed by atoms with Gasteiger partial charge in [-0.25, -0.2) is 9.97 Å². The zero-order valence-corrected chi connectivity index (χ0v) is 13.5. The molecule has 0 amide bonds. The van der Waals surface area contributed by atoms with Crippen LogP contribution < -0.4 is 5.73 Å². The summed E-state index contributed by atoms with van der Waals surface area (Å²) in [6.45, 7) is 0. The normalized spacial score (nSPS) is 16.3. The number of nitrogen functional groups attached to an aromatic ring is 1. The summed E-state index contributed by atoms with van der Waals surface area (Å²) in [6.07, 6.45) is -0.820. The van der Waals surface area contributed by atoms with Crippen molar-refractivity contribution in [3.63, 3.8) is 0 Å². The summed E-state index contributed by atoms with van der Waals surface area (Å²) in [5.41, 5.74) is 7.10. The molecule has 1 aliphatic rings. The van der Waals surface area contributed by atoms with Gasteiger partial charge in [0.25, 0.3) is 5.89 Å². The Hall–Kier alpha value is -2.97. The molecule has 3 aromatic rings. The number of halogens is 3. The van der Waals surface area contributed by atoms with E-state index >= 15 is 0 Å². The van der Waals surface area contributed by atoms with Gasteiger partial charge in [-0.1, -0.05) is 36.8 Å². The van der Waals surface area contributed by atoms with Crippen molar-refractivity contribution in [1.82, 2.24) is 20.2 Å². The number of anilines is 1. The van der Waals surface area contributed by atoms with E-state index in [1.54, 1.807) is 0 Å². The van der Waals surface area contributed by atoms with Gasteiger partial charge in [-0.15, -0.1) is 10.2 Å². The monoisotopic (exact) mass is 361 g/mol. The van der Waals surface area contributed by atoms with Crippen molar-refractivity contribution in [2.24, 2.45) is 0 Å². The van der Waals surface area contributed by atoms with Crippen LogP contribution in [-0.2, 0) is 11.6 Å². The molecule has 26 heavy (non-hydrogen) atoms. The number of hydrogen-bond acceptors (Lipinski definition) is 6. The molecule has 2 N–H and O–H groups in total. The Bertz CT molecular complexity index is 935. The lowest BCUT2D eigenvalue weighted by Crippen LogP contribution is -2.37. The smallest absolute Gasteiger partial charge is 0.413 e. The minimum Gasteiger partial charge on any atom is -0.413 e. The Labute approximate surface area is 146 Å². The van der Waals surface area contributed by atoms with Crippen LogP contribution in [0.25, 0.3) is 11.5 Å². The standard InChI is InChI=1S/C17H14F3N5O/c18-17(19,20)14-25-24-13(26-14)11-9-22-15(21)23-12(11)16(7-4-8-16)10-5-2-1-3-6-10/h1-3,5-6,9H,4,7-8H2,(H2,21,22,23). The molecular formula is C17H14F3N5O. The Balaban J connectivity index is 1.87. The molecule has 0 atom stereocenters. The van der Waals surface area contributed by atoms with Gasteiger partial charge in [0, 0.05) is 11.6 Å². The number of nitrogens with zero attached hydrogens (tertiary/aromatic N) is 4. The third kappa shape index (κ3) is 2.59. The van der Waals surface area contributed by atoms with E-state index in [4.69, 9.17) is 10.2 Å². The molecule has 1 aromatic carbocycles. The van der Waals surface area contributed by atoms with Crippen LogP contribution in [0.4, 0.5) is 19.1 Å². The van der Waals surface area contributed by atoms with Crippen LogP contribution in [-0.4, -0.2) is 20.2 Å². The highest BCUT2D eigenvalue weighted by molar-refractivity contribution is 5.61. The molecule has 4 rings (SSSR count). The van der Waals surface area contributed by atoms with E-state index in [0.717, 1.165) is 24.8 Å². The van der Waals surface area contributed by atoms with E-state index in [1.807, 2.05) is 30.3 Å². The van der Waals surface area contributed by atoms with E-state index in [2.05, 4.69) is 20.2 Å². The second-order valence-electron chi connectivity index (χ2n) is 6.20. The largest absolute Gasteiger partial charge is 0.470 e. The molecule has 2 aromatic heterocycles. The van der Waals surface area contributed by atoms with Gasteiger partial charge >= 0.3 is 12.1 Å². The van der Waals surface area contributed by atoms with Crippen LogP contribution in [0.15, 0.2) is 40.9 Å². The SMILES string of the molecule is Nc1ncc(-c2nnc(C(F)(F)F)o2)c(C2(c3ccccc3)CCC2)n1. The fourth-order valence-electron chi connectivity index (χ4n) is 3.31. The summed E-state index contributed by atoms with van der Waals surface area (Å²) >= 11 is 0. The Kier molecular flexibility index (Phi) is 3.67. The maximum Gasteiger partial charge on any atom is 0.470 e. The number of nitrogens with two attached hydrogens (primary N) is 1. The summed E-state index contributed by atoms with van der Waals surface area (Å²) in [7, 11) is 0. The molecule has 0 unspecified atom stereocenters. The quantitative estimate of drug-likeness (QED) is 0.766. The van der Waals surface area contributed by atoms with Crippen molar-refractivity contribution in [2.75, 3.05) is 5.73 Å². The van der Waals surface area contributed by atoms with Gasteiger partial charge in [0.15, 0.2) is 0 Å². The highest BCUT2D eigenvalue weighted by Gasteiger charge is 2.45. The van der Waals surface area contributed by atoms with Gasteiger partial charge < -0.3 is 10.2 Å². The zero-order valence-electron chi connectivity index (χ0n) is 13.5. The Morgan fingerprint density at radius 2 is 1.81 bits per heavy atom. The van der Waals surface area contributed by atoms with Crippen molar-refractivity contribution < 1.29 is 17.6 Å². The summed E-state index contributed by atoms with van der Waals surface area (Å²) in [5, 5.41) is 6.65. The highest BCUT2D eigenvalue weighted by Crippen LogP contribution is 2.50. The van der Waals surface area contributed by atoms with Crippen molar-refractivity contribution in [1.29, 1.82) is 0 Å². The maximum atomic E-state index is 12.8. The number of rotatable bonds is 3. The second-order valence-corrected chi connectivity index (χ2v) is 6.20. The van der Waals surface area contributed by atoms with Gasteiger partial charge in [-0.05, 0) is 18.4 Å². The van der Waals surface area contributed by atoms with Crippen molar-refractivity contribution in [3.8, 4) is 11.5 Å². The molecule has 2 heterocycles. The highest BCUT2D eigenvalue weighted by atomic mass is 19.4. The second kappa shape index (κ2) is 5.79. The number of hydrogen-bond donors (Lipinski definition) is 1. The molecule has 0 bridgehead atoms. The molecular weight excluding hydrogens is 347 g/mol. The first kappa shape index (κ1) is 16.5. The fourth-order valence-corrected chi connectivity index (χ4v) is 3.31. The van der Waals surface area contributed by atoms with Crippen LogP contribution in [0.3, 0.4) is 0 Å². The average molecular weight is 361 g/mol. The third-order valence-corrected chi connectivity index (χ3v) is 4.69. The molecule has 9 heteroatoms. The molecule has 6 nitrogen and oxygen atoms in total. The minimum atomic E-state index is -4.71. The van der Waals surface area contributed by atoms with Crippen molar-refractivity contribution >= 4 is 5.95 Å². The van der Waals surface area contributed by atoms with Gasteiger partial charge in [0.1, 0.15) is 0 Å². The Morgan fingerprint density at radius 1 is 1.08 bits per heavy atom. The summed E-state index contributed by atoms with van der Waals surface area (Å²) in [4.78, 5) is 8.26. The molecule has 1 fully saturated rings. The van der Waals surface area contributed by atoms with Gasteiger partial charge in [-0.3, -0.25) is 0 Å². The third-order valence-electron chi connectivity index (χ3n) is 4.69. The lowest BCUT2D eigenvalue weighted by molar-refractivity contribution is -0.156. The molecule has 1 saturated carbocycles. The lowest BCUT2D eigenvalue weighted by atomic mass is 9.61. The number of alkyl halides is 3. The predicted octanol–water partition coefficient (Wildman–Crippen LogP) is 3.60. The van der Waals surface area contributed by atoms with E-state index < -0.39 is 17.5 Å². The first-order valence-electron chi connectivity index (χ1n) is 8.00. The minimum absolute atomic E-state index is 0.0431. The molecule has 1 aliphatic carbocycles. The fraction of sp³-hybridized carbons (Fsp3) is 0.294. The molecule has 0 radical (unpaired) electrons. The summed E-state index contributed by atoms with van der Waals surface area (Å²) in [5.74, 6) is -1.63. The van der Waals surface area contributed by atoms with Crippen LogP contribution in [0.2, 0.25) is 0 Å². The zero-order chi connectivity index (χ0) is 18.4. The number of benzene rings is 1. The Morgan fingerprint density at radius 3 is 2.38 bits per heavy atom. The van der Waals surface area contributed by atoms with E-state index in [1.165, 1.54) is 6.20 Å². The van der Waals surface area contributed by atoms with Crippen LogP contribution >= 0.6 is 0 Å². The van der Waals surface area contributed by atoms with Crippen molar-refractivity contribution in [3.05, 3.63) is 53.7 Å². The summed E-state index contributed by atoms with van der Waals surface area (Å²) < 4.78 is 43.3. The lowest BCUT2D eigenvalue weighted by Gasteiger charge is -2.42. The first-order valence-corrected chi connectivity index (χ1v) is 8.00. The van der Waals surface area contributed by atoms with Gasteiger partial charge in [0.05, 0.1) is 11.3 Å². The van der Waals surface area contributed by atoms with E-state index in [0.29, 0.717) is 5.69 Å². The van der Waals surface area contributed by atoms with Crippen LogP contribution in [0.5, 0.6) is 0 Å². The molecule has 0 spiro atoms. The maximum absolute atomic E-state index is 12.8. The molecule has 0 saturated heterocycles. The van der Waals surface area contributed by atoms with Crippen LogP contribution in [0.1, 0.15) is 36.4 Å². The van der Waals surface area contributed by atoms with Crippen molar-refractivity contribution in [2.45, 2.75) is 30.9 Å². The predicted molar refractivity (Wildman–Crippen MR) is 85.8 cm³/mol. The van der Waals surface area contributed by atoms with Gasteiger partial charge in [-0.2, -0.15) is 13.2 Å². The summed E-state index contributed by atoms with van der Waals surface area (Å²) in [6, 6.07) is 9.66. The average Bonchev–Trinajstić information content (AvgIpc) is 3.05. The number of aromatic nitrogens is 4. The topological polar surface area (TPSA) is 90.7 Å². The van der Waals surface area contributed by atoms with Crippen LogP contribution in [0, 0.1) is 0 Å². The van der Waals surface area contributed by atoms with Gasteiger partial charge in [0.2, 0.25) is 5.95 Å². The van der Waals surface area contributed by atoms with E-state index in [-0.39, 0.29) is 17.4 Å². The van der Waals surface area contributed by atoms with E-state index in [9.17, 15) is 13.2 Å². The molecule has 134 valence electrons.